The van der Waals surface area contributed by atoms with Crippen molar-refractivity contribution in [3.05, 3.63) is 12.2 Å². The van der Waals surface area contributed by atoms with E-state index in [1.807, 2.05) is 0 Å². The standard InChI is InChI=1S/C11H14N2O3/c14-9-4-5-10(15)13(9)8-11(16)12-6-2-1-3-7-12/h4-5H,1-3,6-8H2. The number of rotatable bonds is 2. The fourth-order valence-corrected chi connectivity index (χ4v) is 1.97. The first-order valence-corrected chi connectivity index (χ1v) is 5.50. The Morgan fingerprint density at radius 2 is 1.62 bits per heavy atom. The van der Waals surface area contributed by atoms with Crippen molar-refractivity contribution < 1.29 is 14.4 Å². The van der Waals surface area contributed by atoms with Gasteiger partial charge in [0, 0.05) is 25.2 Å². The highest BCUT2D eigenvalue weighted by Gasteiger charge is 2.27. The first-order valence-electron chi connectivity index (χ1n) is 5.50. The normalized spacial score (nSPS) is 20.8. The Bertz CT molecular complexity index is 338. The lowest BCUT2D eigenvalue weighted by Gasteiger charge is -2.28. The van der Waals surface area contributed by atoms with E-state index >= 15 is 0 Å². The van der Waals surface area contributed by atoms with Gasteiger partial charge in [-0.05, 0) is 19.3 Å². The predicted octanol–water partition coefficient (Wildman–Crippen LogP) is -0.0761. The van der Waals surface area contributed by atoms with E-state index < -0.39 is 11.8 Å². The molecule has 0 saturated carbocycles. The molecule has 16 heavy (non-hydrogen) atoms. The molecule has 0 unspecified atom stereocenters. The van der Waals surface area contributed by atoms with Gasteiger partial charge in [0.05, 0.1) is 0 Å². The summed E-state index contributed by atoms with van der Waals surface area (Å²) in [7, 11) is 0. The van der Waals surface area contributed by atoms with Crippen molar-refractivity contribution >= 4 is 17.7 Å². The van der Waals surface area contributed by atoms with E-state index in [9.17, 15) is 14.4 Å². The maximum Gasteiger partial charge on any atom is 0.254 e. The molecule has 86 valence electrons. The van der Waals surface area contributed by atoms with E-state index in [-0.39, 0.29) is 12.5 Å². The van der Waals surface area contributed by atoms with Gasteiger partial charge in [-0.2, -0.15) is 0 Å². The Hall–Kier alpha value is -1.65. The number of nitrogens with zero attached hydrogens (tertiary/aromatic N) is 2. The molecular weight excluding hydrogens is 208 g/mol. The van der Waals surface area contributed by atoms with Gasteiger partial charge in [0.2, 0.25) is 5.91 Å². The zero-order valence-corrected chi connectivity index (χ0v) is 9.02. The van der Waals surface area contributed by atoms with E-state index in [4.69, 9.17) is 0 Å². The molecule has 3 amide bonds. The van der Waals surface area contributed by atoms with Crippen LogP contribution in [0.3, 0.4) is 0 Å². The fourth-order valence-electron chi connectivity index (χ4n) is 1.97. The van der Waals surface area contributed by atoms with Gasteiger partial charge >= 0.3 is 0 Å². The van der Waals surface area contributed by atoms with Crippen LogP contribution in [0.1, 0.15) is 19.3 Å². The third kappa shape index (κ3) is 2.13. The third-order valence-corrected chi connectivity index (χ3v) is 2.90. The van der Waals surface area contributed by atoms with Gasteiger partial charge in [-0.15, -0.1) is 0 Å². The van der Waals surface area contributed by atoms with E-state index in [0.29, 0.717) is 0 Å². The summed E-state index contributed by atoms with van der Waals surface area (Å²) in [6.07, 6.45) is 5.56. The van der Waals surface area contributed by atoms with E-state index in [1.54, 1.807) is 4.90 Å². The highest BCUT2D eigenvalue weighted by molar-refractivity contribution is 6.14. The number of hydrogen-bond acceptors (Lipinski definition) is 3. The SMILES string of the molecule is O=C(CN1C(=O)C=CC1=O)N1CCCCC1. The van der Waals surface area contributed by atoms with Crippen LogP contribution in [0.4, 0.5) is 0 Å². The minimum Gasteiger partial charge on any atom is -0.341 e. The third-order valence-electron chi connectivity index (χ3n) is 2.90. The lowest BCUT2D eigenvalue weighted by molar-refractivity contribution is -0.144. The Balaban J connectivity index is 1.91. The average Bonchev–Trinajstić information content (AvgIpc) is 2.62. The second-order valence-corrected chi connectivity index (χ2v) is 4.04. The van der Waals surface area contributed by atoms with Gasteiger partial charge in [0.25, 0.3) is 11.8 Å². The number of carbonyl (C=O) groups excluding carboxylic acids is 3. The van der Waals surface area contributed by atoms with Gasteiger partial charge in [-0.1, -0.05) is 0 Å². The van der Waals surface area contributed by atoms with E-state index in [1.165, 1.54) is 12.2 Å². The topological polar surface area (TPSA) is 57.7 Å². The highest BCUT2D eigenvalue weighted by atomic mass is 16.2. The van der Waals surface area contributed by atoms with Crippen LogP contribution in [-0.2, 0) is 14.4 Å². The van der Waals surface area contributed by atoms with Crippen LogP contribution in [0.25, 0.3) is 0 Å². The quantitative estimate of drug-likeness (QED) is 0.614. The molecule has 0 N–H and O–H groups in total. The van der Waals surface area contributed by atoms with Gasteiger partial charge < -0.3 is 4.90 Å². The summed E-state index contributed by atoms with van der Waals surface area (Å²) in [6, 6.07) is 0. The Kier molecular flexibility index (Phi) is 3.03. The number of piperidine rings is 1. The molecule has 2 rings (SSSR count). The summed E-state index contributed by atoms with van der Waals surface area (Å²) in [5.41, 5.74) is 0. The summed E-state index contributed by atoms with van der Waals surface area (Å²) in [4.78, 5) is 37.0. The molecule has 0 atom stereocenters. The zero-order valence-electron chi connectivity index (χ0n) is 9.02. The molecule has 0 bridgehead atoms. The summed E-state index contributed by atoms with van der Waals surface area (Å²) >= 11 is 0. The molecule has 5 nitrogen and oxygen atoms in total. The largest absolute Gasteiger partial charge is 0.341 e. The maximum atomic E-state index is 11.8. The monoisotopic (exact) mass is 222 g/mol. The molecule has 1 fully saturated rings. The molecule has 2 aliphatic heterocycles. The van der Waals surface area contributed by atoms with Crippen LogP contribution in [0.2, 0.25) is 0 Å². The number of imide groups is 1. The first-order chi connectivity index (χ1) is 7.68. The zero-order chi connectivity index (χ0) is 11.5. The Morgan fingerprint density at radius 3 is 2.19 bits per heavy atom. The molecule has 0 aliphatic carbocycles. The van der Waals surface area contributed by atoms with Crippen molar-refractivity contribution in [2.75, 3.05) is 19.6 Å². The van der Waals surface area contributed by atoms with Gasteiger partial charge in [-0.3, -0.25) is 19.3 Å². The fraction of sp³-hybridized carbons (Fsp3) is 0.545. The molecule has 0 aromatic carbocycles. The summed E-state index contributed by atoms with van der Waals surface area (Å²) in [5, 5.41) is 0. The molecule has 0 spiro atoms. The second-order valence-electron chi connectivity index (χ2n) is 4.04. The number of hydrogen-bond donors (Lipinski definition) is 0. The molecule has 1 saturated heterocycles. The Morgan fingerprint density at radius 1 is 1.06 bits per heavy atom. The first kappa shape index (κ1) is 10.9. The smallest absolute Gasteiger partial charge is 0.254 e. The minimum absolute atomic E-state index is 0.120. The van der Waals surface area contributed by atoms with Gasteiger partial charge in [0.15, 0.2) is 0 Å². The molecule has 2 aliphatic rings. The highest BCUT2D eigenvalue weighted by Crippen LogP contribution is 2.10. The number of likely N-dealkylation sites (tertiary alicyclic amines) is 1. The van der Waals surface area contributed by atoms with Crippen LogP contribution < -0.4 is 0 Å². The van der Waals surface area contributed by atoms with Crippen molar-refractivity contribution in [2.45, 2.75) is 19.3 Å². The van der Waals surface area contributed by atoms with Crippen LogP contribution in [0, 0.1) is 0 Å². The molecule has 2 heterocycles. The molecular formula is C11H14N2O3. The number of carbonyl (C=O) groups is 3. The molecule has 0 aromatic rings. The van der Waals surface area contributed by atoms with Gasteiger partial charge in [0.1, 0.15) is 6.54 Å². The van der Waals surface area contributed by atoms with Crippen molar-refractivity contribution in [2.24, 2.45) is 0 Å². The Labute approximate surface area is 93.7 Å². The average molecular weight is 222 g/mol. The lowest BCUT2D eigenvalue weighted by Crippen LogP contribution is -2.44. The van der Waals surface area contributed by atoms with Gasteiger partial charge in [-0.25, -0.2) is 0 Å². The summed E-state index contributed by atoms with van der Waals surface area (Å²) in [5.74, 6) is -0.921. The van der Waals surface area contributed by atoms with Crippen LogP contribution in [-0.4, -0.2) is 47.2 Å². The van der Waals surface area contributed by atoms with Crippen molar-refractivity contribution in [1.82, 2.24) is 9.80 Å². The van der Waals surface area contributed by atoms with E-state index in [0.717, 1.165) is 37.3 Å². The molecule has 0 radical (unpaired) electrons. The van der Waals surface area contributed by atoms with Crippen LogP contribution >= 0.6 is 0 Å². The molecule has 0 aromatic heterocycles. The van der Waals surface area contributed by atoms with Crippen molar-refractivity contribution in [1.29, 1.82) is 0 Å². The summed E-state index contributed by atoms with van der Waals surface area (Å²) < 4.78 is 0. The van der Waals surface area contributed by atoms with Crippen LogP contribution in [0.15, 0.2) is 12.2 Å². The van der Waals surface area contributed by atoms with Crippen molar-refractivity contribution in [3.63, 3.8) is 0 Å². The lowest BCUT2D eigenvalue weighted by atomic mass is 10.1. The second kappa shape index (κ2) is 4.47. The number of amides is 3. The van der Waals surface area contributed by atoms with E-state index in [2.05, 4.69) is 0 Å². The molecule has 5 heteroatoms. The predicted molar refractivity (Wildman–Crippen MR) is 56.3 cm³/mol. The summed E-state index contributed by atoms with van der Waals surface area (Å²) in [6.45, 7) is 1.36. The maximum absolute atomic E-state index is 11.8. The van der Waals surface area contributed by atoms with Crippen LogP contribution in [0.5, 0.6) is 0 Å². The minimum atomic E-state index is -0.393. The van der Waals surface area contributed by atoms with Crippen molar-refractivity contribution in [3.8, 4) is 0 Å².